The lowest BCUT2D eigenvalue weighted by atomic mass is 9.91. The number of halogens is 13. The van der Waals surface area contributed by atoms with Crippen molar-refractivity contribution in [3.8, 4) is 0 Å². The monoisotopic (exact) mass is 452 g/mol. The first-order valence-corrected chi connectivity index (χ1v) is 7.12. The van der Waals surface area contributed by atoms with Gasteiger partial charge in [-0.3, -0.25) is 0 Å². The third-order valence-electron chi connectivity index (χ3n) is 3.60. The van der Waals surface area contributed by atoms with Crippen molar-refractivity contribution >= 4 is 6.08 Å². The van der Waals surface area contributed by atoms with E-state index < -0.39 is 41.9 Å². The summed E-state index contributed by atoms with van der Waals surface area (Å²) in [5.41, 5.74) is -0.0636. The van der Waals surface area contributed by atoms with E-state index in [2.05, 4.69) is 0 Å². The van der Waals surface area contributed by atoms with Gasteiger partial charge in [-0.1, -0.05) is 36.4 Å². The van der Waals surface area contributed by atoms with Crippen molar-refractivity contribution in [3.05, 3.63) is 42.0 Å². The lowest BCUT2D eigenvalue weighted by Gasteiger charge is -2.40. The summed E-state index contributed by atoms with van der Waals surface area (Å²) in [4.78, 5) is 0. The Morgan fingerprint density at radius 3 is 1.45 bits per heavy atom. The van der Waals surface area contributed by atoms with Gasteiger partial charge in [0.05, 0.1) is 0 Å². The number of aliphatic hydroxyl groups excluding tert-OH is 1. The predicted octanol–water partition coefficient (Wildman–Crippen LogP) is 5.80. The van der Waals surface area contributed by atoms with Gasteiger partial charge >= 0.3 is 35.8 Å². The van der Waals surface area contributed by atoms with Gasteiger partial charge in [0.15, 0.2) is 0 Å². The minimum Gasteiger partial charge on any atom is -0.382 e. The molecule has 1 aromatic rings. The van der Waals surface area contributed by atoms with E-state index in [1.165, 1.54) is 18.2 Å². The van der Waals surface area contributed by atoms with Gasteiger partial charge in [0.1, 0.15) is 6.10 Å². The summed E-state index contributed by atoms with van der Waals surface area (Å²) in [6.45, 7) is 0. The second-order valence-corrected chi connectivity index (χ2v) is 5.63. The Bertz CT molecular complexity index is 721. The van der Waals surface area contributed by atoms with Gasteiger partial charge in [-0.05, 0) is 11.6 Å². The molecule has 166 valence electrons. The molecule has 0 bridgehead atoms. The highest BCUT2D eigenvalue weighted by atomic mass is 19.4. The summed E-state index contributed by atoms with van der Waals surface area (Å²) >= 11 is 0. The molecule has 0 aromatic heterocycles. The second kappa shape index (κ2) is 7.36. The Hall–Kier alpha value is -1.99. The first kappa shape index (κ1) is 25.0. The number of rotatable bonds is 7. The van der Waals surface area contributed by atoms with Crippen molar-refractivity contribution < 1.29 is 62.2 Å². The average Bonchev–Trinajstić information content (AvgIpc) is 2.58. The topological polar surface area (TPSA) is 20.2 Å². The molecule has 1 aromatic carbocycles. The van der Waals surface area contributed by atoms with Crippen molar-refractivity contribution in [2.24, 2.45) is 0 Å². The molecule has 0 heterocycles. The summed E-state index contributed by atoms with van der Waals surface area (Å²) < 4.78 is 168. The summed E-state index contributed by atoms with van der Waals surface area (Å²) in [7, 11) is 0. The third kappa shape index (κ3) is 3.90. The fourth-order valence-corrected chi connectivity index (χ4v) is 1.85. The van der Waals surface area contributed by atoms with Crippen LogP contribution in [0.4, 0.5) is 57.1 Å². The van der Waals surface area contributed by atoms with Crippen LogP contribution in [0.3, 0.4) is 0 Å². The van der Waals surface area contributed by atoms with Crippen LogP contribution in [0.5, 0.6) is 0 Å². The average molecular weight is 452 g/mol. The van der Waals surface area contributed by atoms with E-state index >= 15 is 0 Å². The molecular weight excluding hydrogens is 443 g/mol. The molecule has 1 unspecified atom stereocenters. The van der Waals surface area contributed by atoms with Crippen molar-refractivity contribution in [2.45, 2.75) is 41.9 Å². The maximum Gasteiger partial charge on any atom is 0.460 e. The van der Waals surface area contributed by atoms with Crippen LogP contribution in [0.25, 0.3) is 6.08 Å². The number of aliphatic hydroxyl groups is 1. The molecule has 14 heteroatoms. The molecule has 1 N–H and O–H groups in total. The highest BCUT2D eigenvalue weighted by Crippen LogP contribution is 2.60. The Labute approximate surface area is 153 Å². The van der Waals surface area contributed by atoms with Crippen LogP contribution in [-0.4, -0.2) is 47.0 Å². The lowest BCUT2D eigenvalue weighted by Crippen LogP contribution is -2.71. The molecule has 1 nitrogen and oxygen atoms in total. The normalized spacial score (nSPS) is 16.3. The van der Waals surface area contributed by atoms with Crippen LogP contribution in [0, 0.1) is 0 Å². The standard InChI is InChI=1S/C15H9F13O/c16-10(17,9(29)7-6-8-4-2-1-3-5-8)11(18,19)12(20,21)13(22,23)14(24,25)15(26,27)28/h1-7,9,29H. The van der Waals surface area contributed by atoms with Crippen LogP contribution < -0.4 is 0 Å². The maximum atomic E-state index is 13.6. The predicted molar refractivity (Wildman–Crippen MR) is 72.3 cm³/mol. The van der Waals surface area contributed by atoms with Gasteiger partial charge in [-0.2, -0.15) is 57.1 Å². The zero-order valence-electron chi connectivity index (χ0n) is 13.5. The molecule has 0 saturated heterocycles. The van der Waals surface area contributed by atoms with Crippen molar-refractivity contribution in [2.75, 3.05) is 0 Å². The van der Waals surface area contributed by atoms with Crippen molar-refractivity contribution in [1.82, 2.24) is 0 Å². The molecule has 1 atom stereocenters. The molecule has 0 spiro atoms. The summed E-state index contributed by atoms with van der Waals surface area (Å²) in [5, 5.41) is 9.06. The van der Waals surface area contributed by atoms with Gasteiger partial charge in [-0.15, -0.1) is 0 Å². The van der Waals surface area contributed by atoms with E-state index in [9.17, 15) is 57.1 Å². The Morgan fingerprint density at radius 2 is 1.03 bits per heavy atom. The number of alkyl halides is 13. The maximum absolute atomic E-state index is 13.6. The first-order chi connectivity index (χ1) is 12.7. The minimum atomic E-state index is -7.99. The Balaban J connectivity index is 3.36. The molecule has 0 aliphatic rings. The van der Waals surface area contributed by atoms with Crippen LogP contribution in [0.1, 0.15) is 5.56 Å². The zero-order valence-corrected chi connectivity index (χ0v) is 13.5. The molecule has 0 fully saturated rings. The molecule has 1 rings (SSSR count). The summed E-state index contributed by atoms with van der Waals surface area (Å²) in [5.74, 6) is -37.8. The van der Waals surface area contributed by atoms with Gasteiger partial charge in [0.25, 0.3) is 0 Å². The van der Waals surface area contributed by atoms with E-state index in [1.807, 2.05) is 0 Å². The summed E-state index contributed by atoms with van der Waals surface area (Å²) in [6, 6.07) is 6.26. The van der Waals surface area contributed by atoms with E-state index in [0.717, 1.165) is 12.1 Å². The van der Waals surface area contributed by atoms with E-state index in [4.69, 9.17) is 5.11 Å². The van der Waals surface area contributed by atoms with Gasteiger partial charge in [0.2, 0.25) is 0 Å². The van der Waals surface area contributed by atoms with Crippen molar-refractivity contribution in [1.29, 1.82) is 0 Å². The fourth-order valence-electron chi connectivity index (χ4n) is 1.85. The van der Waals surface area contributed by atoms with E-state index in [-0.39, 0.29) is 11.6 Å². The molecular formula is C15H9F13O. The number of hydrogen-bond acceptors (Lipinski definition) is 1. The molecule has 0 radical (unpaired) electrons. The smallest absolute Gasteiger partial charge is 0.382 e. The Kier molecular flexibility index (Phi) is 6.36. The summed E-state index contributed by atoms with van der Waals surface area (Å²) in [6.07, 6.45) is -11.2. The molecule has 0 aliphatic heterocycles. The highest BCUT2D eigenvalue weighted by Gasteiger charge is 2.91. The highest BCUT2D eigenvalue weighted by molar-refractivity contribution is 5.49. The van der Waals surface area contributed by atoms with Gasteiger partial charge in [0, 0.05) is 0 Å². The molecule has 29 heavy (non-hydrogen) atoms. The fraction of sp³-hybridized carbons (Fsp3) is 0.467. The molecule has 0 amide bonds. The largest absolute Gasteiger partial charge is 0.460 e. The van der Waals surface area contributed by atoms with Gasteiger partial charge in [-0.25, -0.2) is 0 Å². The lowest BCUT2D eigenvalue weighted by molar-refractivity contribution is -0.443. The number of benzene rings is 1. The van der Waals surface area contributed by atoms with E-state index in [0.29, 0.717) is 6.08 Å². The second-order valence-electron chi connectivity index (χ2n) is 5.63. The van der Waals surface area contributed by atoms with Gasteiger partial charge < -0.3 is 5.11 Å². The molecule has 0 aliphatic carbocycles. The molecule has 0 saturated carbocycles. The Morgan fingerprint density at radius 1 is 0.621 bits per heavy atom. The van der Waals surface area contributed by atoms with Crippen LogP contribution >= 0.6 is 0 Å². The number of hydrogen-bond donors (Lipinski definition) is 1. The van der Waals surface area contributed by atoms with Crippen LogP contribution in [0.2, 0.25) is 0 Å². The zero-order chi connectivity index (χ0) is 23.1. The SMILES string of the molecule is OC(C=Cc1ccccc1)C(F)(F)C(F)(F)C(F)(F)C(F)(F)C(F)(F)C(F)(F)F. The van der Waals surface area contributed by atoms with E-state index in [1.54, 1.807) is 0 Å². The first-order valence-electron chi connectivity index (χ1n) is 7.12. The van der Waals surface area contributed by atoms with Crippen LogP contribution in [0.15, 0.2) is 36.4 Å². The van der Waals surface area contributed by atoms with Crippen LogP contribution in [-0.2, 0) is 0 Å². The third-order valence-corrected chi connectivity index (χ3v) is 3.60. The van der Waals surface area contributed by atoms with Crippen molar-refractivity contribution in [3.63, 3.8) is 0 Å². The minimum absolute atomic E-state index is 0.0636. The quantitative estimate of drug-likeness (QED) is 0.519.